The molecule has 0 amide bonds. The molecule has 0 fully saturated rings. The standard InChI is InChI=1S/CO2.CH4.I2.V/c2-1-3;;1-2;/h;1H4;;. The molecule has 0 bridgehead atoms. The van der Waals surface area contributed by atoms with Gasteiger partial charge in [0.15, 0.2) is 0 Å². The van der Waals surface area contributed by atoms with Gasteiger partial charge in [-0.05, 0) is 0 Å². The van der Waals surface area contributed by atoms with Gasteiger partial charge in [-0.15, -0.1) is 0 Å². The van der Waals surface area contributed by atoms with E-state index in [4.69, 9.17) is 9.59 Å². The monoisotopic (exact) mass is 365 g/mol. The summed E-state index contributed by atoms with van der Waals surface area (Å²) in [6.45, 7) is 0. The SMILES string of the molecule is C.II.O=C=O.[V]. The van der Waals surface area contributed by atoms with Gasteiger partial charge in [-0.1, -0.05) is 7.43 Å². The first-order chi connectivity index (χ1) is 2.41. The van der Waals surface area contributed by atoms with E-state index >= 15 is 0 Å². The average molecular weight is 365 g/mol. The van der Waals surface area contributed by atoms with Gasteiger partial charge < -0.3 is 0 Å². The Labute approximate surface area is 78.0 Å². The van der Waals surface area contributed by atoms with Gasteiger partial charge >= 0.3 is 6.15 Å². The molecule has 0 rings (SSSR count). The van der Waals surface area contributed by atoms with Gasteiger partial charge in [0.05, 0.1) is 0 Å². The van der Waals surface area contributed by atoms with Crippen LogP contribution < -0.4 is 0 Å². The largest absolute Gasteiger partial charge is 0.373 e. The molecular weight excluding hydrogens is 361 g/mol. The van der Waals surface area contributed by atoms with Gasteiger partial charge in [-0.25, -0.2) is 0 Å². The molecule has 0 unspecified atom stereocenters. The Balaban J connectivity index is -0.0000000105. The molecule has 1 radical (unpaired) electrons. The molecule has 0 aromatic carbocycles. The van der Waals surface area contributed by atoms with Crippen molar-refractivity contribution < 1.29 is 28.1 Å². The second kappa shape index (κ2) is 52.1. The molecule has 5 heteroatoms. The molecule has 0 aliphatic carbocycles. The summed E-state index contributed by atoms with van der Waals surface area (Å²) in [5.41, 5.74) is 0. The molecule has 2 nitrogen and oxygen atoms in total. The Kier molecular flexibility index (Phi) is 177. The molecule has 0 aromatic rings. The molecule has 43 valence electrons. The predicted octanol–water partition coefficient (Wildman–Crippen LogP) is 1.82. The van der Waals surface area contributed by atoms with Gasteiger partial charge in [0.25, 0.3) is 0 Å². The van der Waals surface area contributed by atoms with Crippen LogP contribution in [0.4, 0.5) is 0 Å². The van der Waals surface area contributed by atoms with Crippen molar-refractivity contribution >= 4 is 43.4 Å². The van der Waals surface area contributed by atoms with E-state index in [1.807, 2.05) is 0 Å². The van der Waals surface area contributed by atoms with Crippen molar-refractivity contribution in [2.24, 2.45) is 0 Å². The van der Waals surface area contributed by atoms with E-state index < -0.39 is 0 Å². The van der Waals surface area contributed by atoms with Gasteiger partial charge in [-0.2, -0.15) is 9.59 Å². The maximum absolute atomic E-state index is 8.12. The van der Waals surface area contributed by atoms with Crippen LogP contribution in [0.3, 0.4) is 0 Å². The van der Waals surface area contributed by atoms with Crippen LogP contribution in [0.1, 0.15) is 7.43 Å². The van der Waals surface area contributed by atoms with E-state index in [0.717, 1.165) is 0 Å². The topological polar surface area (TPSA) is 34.1 Å². The molecule has 0 atom stereocenters. The van der Waals surface area contributed by atoms with Crippen LogP contribution in [-0.4, -0.2) is 6.15 Å². The van der Waals surface area contributed by atoms with E-state index in [0.29, 0.717) is 0 Å². The minimum atomic E-state index is 0. The Morgan fingerprint density at radius 1 is 1.14 bits per heavy atom. The zero-order chi connectivity index (χ0) is 4.71. The van der Waals surface area contributed by atoms with Gasteiger partial charge in [-0.3, -0.25) is 0 Å². The molecule has 0 saturated carbocycles. The molecule has 0 N–H and O–H groups in total. The average Bonchev–Trinajstić information content (AvgIpc) is 1.46. The van der Waals surface area contributed by atoms with Gasteiger partial charge in [0.2, 0.25) is 0 Å². The molecule has 0 aliphatic heterocycles. The fourth-order valence-corrected chi connectivity index (χ4v) is 0. The second-order valence-electron chi connectivity index (χ2n) is 0.0833. The van der Waals surface area contributed by atoms with E-state index in [-0.39, 0.29) is 32.1 Å². The molecule has 0 aliphatic rings. The van der Waals surface area contributed by atoms with Crippen molar-refractivity contribution in [2.75, 3.05) is 0 Å². The summed E-state index contributed by atoms with van der Waals surface area (Å²) in [5.74, 6) is 0. The Morgan fingerprint density at radius 3 is 1.14 bits per heavy atom. The van der Waals surface area contributed by atoms with Crippen LogP contribution in [0.25, 0.3) is 0 Å². The summed E-state index contributed by atoms with van der Waals surface area (Å²) in [6.07, 6.45) is 0.250. The zero-order valence-corrected chi connectivity index (χ0v) is 8.23. The Morgan fingerprint density at radius 2 is 1.14 bits per heavy atom. The minimum Gasteiger partial charge on any atom is -0.186 e. The first kappa shape index (κ1) is 23.7. The fourth-order valence-electron chi connectivity index (χ4n) is 0. The van der Waals surface area contributed by atoms with E-state index in [1.54, 1.807) is 0 Å². The first-order valence-corrected chi connectivity index (χ1v) is 6.84. The van der Waals surface area contributed by atoms with Crippen LogP contribution in [0.5, 0.6) is 0 Å². The molecule has 0 saturated heterocycles. The molecule has 0 aromatic heterocycles. The van der Waals surface area contributed by atoms with E-state index in [9.17, 15) is 0 Å². The van der Waals surface area contributed by atoms with E-state index in [1.165, 1.54) is 0 Å². The molecular formula is C2H4I2O2V. The smallest absolute Gasteiger partial charge is 0.186 e. The predicted molar refractivity (Wildman–Crippen MR) is 39.8 cm³/mol. The first-order valence-electron chi connectivity index (χ1n) is 0.551. The third kappa shape index (κ3) is 108. The zero-order valence-electron chi connectivity index (χ0n) is 2.52. The number of rotatable bonds is 0. The summed E-state index contributed by atoms with van der Waals surface area (Å²) in [5, 5.41) is 0. The van der Waals surface area contributed by atoms with E-state index in [2.05, 4.69) is 37.2 Å². The number of carbonyl (C=O) groups excluding carboxylic acids is 2. The van der Waals surface area contributed by atoms with Crippen molar-refractivity contribution in [1.82, 2.24) is 0 Å². The maximum atomic E-state index is 8.12. The number of halogens is 2. The summed E-state index contributed by atoms with van der Waals surface area (Å²) < 4.78 is 0. The molecule has 0 heterocycles. The van der Waals surface area contributed by atoms with Crippen molar-refractivity contribution in [3.8, 4) is 0 Å². The molecule has 0 spiro atoms. The fraction of sp³-hybridized carbons (Fsp3) is 0.500. The van der Waals surface area contributed by atoms with Crippen molar-refractivity contribution in [2.45, 2.75) is 7.43 Å². The minimum absolute atomic E-state index is 0. The maximum Gasteiger partial charge on any atom is 0.373 e. The van der Waals surface area contributed by atoms with Crippen LogP contribution in [-0.2, 0) is 28.1 Å². The summed E-state index contributed by atoms with van der Waals surface area (Å²) in [4.78, 5) is 16.2. The number of hydrogen-bond acceptors (Lipinski definition) is 2. The van der Waals surface area contributed by atoms with Crippen molar-refractivity contribution in [3.05, 3.63) is 0 Å². The van der Waals surface area contributed by atoms with Crippen LogP contribution in [0.2, 0.25) is 0 Å². The third-order valence-electron chi connectivity index (χ3n) is 0. The summed E-state index contributed by atoms with van der Waals surface area (Å²) in [7, 11) is 0. The summed E-state index contributed by atoms with van der Waals surface area (Å²) >= 11 is 4.24. The third-order valence-corrected chi connectivity index (χ3v) is 0. The second-order valence-corrected chi connectivity index (χ2v) is 0.0833. The normalized spacial score (nSPS) is 2.00. The Hall–Kier alpha value is 1.42. The van der Waals surface area contributed by atoms with Gasteiger partial charge in [0, 0.05) is 55.8 Å². The van der Waals surface area contributed by atoms with Crippen molar-refractivity contribution in [3.63, 3.8) is 0 Å². The van der Waals surface area contributed by atoms with Crippen molar-refractivity contribution in [1.29, 1.82) is 0 Å². The Bertz CT molecular complexity index is 34.7. The van der Waals surface area contributed by atoms with Crippen LogP contribution >= 0.6 is 37.2 Å². The number of hydrogen-bond donors (Lipinski definition) is 0. The van der Waals surface area contributed by atoms with Gasteiger partial charge in [0.1, 0.15) is 0 Å². The quantitative estimate of drug-likeness (QED) is 0.614. The molecule has 7 heavy (non-hydrogen) atoms. The summed E-state index contributed by atoms with van der Waals surface area (Å²) in [6, 6.07) is 0. The van der Waals surface area contributed by atoms with Crippen LogP contribution in [0.15, 0.2) is 0 Å². The van der Waals surface area contributed by atoms with Crippen LogP contribution in [0, 0.1) is 0 Å².